The maximum Gasteiger partial charge on any atom is 0.0334 e. The quantitative estimate of drug-likeness (QED) is 0.759. The van der Waals surface area contributed by atoms with Crippen LogP contribution < -0.4 is 5.32 Å². The van der Waals surface area contributed by atoms with Crippen LogP contribution in [0.4, 0.5) is 0 Å². The van der Waals surface area contributed by atoms with Crippen molar-refractivity contribution < 1.29 is 0 Å². The van der Waals surface area contributed by atoms with E-state index >= 15 is 0 Å². The van der Waals surface area contributed by atoms with Crippen molar-refractivity contribution in [3.05, 3.63) is 35.4 Å². The number of rotatable bonds is 8. The van der Waals surface area contributed by atoms with Crippen LogP contribution in [0.3, 0.4) is 0 Å². The molecule has 0 amide bonds. The summed E-state index contributed by atoms with van der Waals surface area (Å²) in [5.74, 6) is 0. The molecule has 0 saturated carbocycles. The average Bonchev–Trinajstić information content (AvgIpc) is 2.39. The van der Waals surface area contributed by atoms with Crippen LogP contribution in [0.2, 0.25) is 0 Å². The molecule has 0 aliphatic heterocycles. The van der Waals surface area contributed by atoms with E-state index in [2.05, 4.69) is 62.2 Å². The van der Waals surface area contributed by atoms with Crippen LogP contribution in [-0.4, -0.2) is 31.1 Å². The second-order valence-electron chi connectivity index (χ2n) is 4.78. The van der Waals surface area contributed by atoms with Gasteiger partial charge in [0.05, 0.1) is 0 Å². The summed E-state index contributed by atoms with van der Waals surface area (Å²) in [6.07, 6.45) is 1.18. The Morgan fingerprint density at radius 2 is 1.78 bits per heavy atom. The Bertz CT molecular complexity index is 332. The molecule has 1 atom stereocenters. The molecular formula is C16H28N2. The van der Waals surface area contributed by atoms with Gasteiger partial charge in [-0.2, -0.15) is 0 Å². The van der Waals surface area contributed by atoms with Crippen molar-refractivity contribution in [3.8, 4) is 0 Å². The Hall–Kier alpha value is -0.860. The summed E-state index contributed by atoms with van der Waals surface area (Å²) in [7, 11) is 0. The molecule has 2 heteroatoms. The van der Waals surface area contributed by atoms with Crippen molar-refractivity contribution in [1.29, 1.82) is 0 Å². The minimum Gasteiger partial charge on any atom is -0.310 e. The average molecular weight is 248 g/mol. The number of hydrogen-bond acceptors (Lipinski definition) is 2. The fourth-order valence-corrected chi connectivity index (χ4v) is 2.44. The lowest BCUT2D eigenvalue weighted by atomic mass is 9.98. The zero-order valence-electron chi connectivity index (χ0n) is 12.4. The Balaban J connectivity index is 2.68. The van der Waals surface area contributed by atoms with Crippen LogP contribution in [0, 0.1) is 6.92 Å². The topological polar surface area (TPSA) is 15.3 Å². The number of hydrogen-bond donors (Lipinski definition) is 1. The van der Waals surface area contributed by atoms with E-state index in [1.54, 1.807) is 0 Å². The molecule has 1 unspecified atom stereocenters. The fraction of sp³-hybridized carbons (Fsp3) is 0.625. The summed E-state index contributed by atoms with van der Waals surface area (Å²) < 4.78 is 0. The molecule has 0 aromatic heterocycles. The first-order chi connectivity index (χ1) is 8.72. The molecule has 0 bridgehead atoms. The predicted octanol–water partition coefficient (Wildman–Crippen LogP) is 3.38. The van der Waals surface area contributed by atoms with Crippen LogP contribution in [0.15, 0.2) is 24.3 Å². The summed E-state index contributed by atoms with van der Waals surface area (Å²) in [6.45, 7) is 13.3. The third-order valence-electron chi connectivity index (χ3n) is 3.64. The van der Waals surface area contributed by atoms with E-state index in [1.165, 1.54) is 24.1 Å². The molecule has 0 saturated heterocycles. The molecule has 1 aromatic rings. The summed E-state index contributed by atoms with van der Waals surface area (Å²) in [5, 5.41) is 3.62. The highest BCUT2D eigenvalue weighted by molar-refractivity contribution is 5.28. The second kappa shape index (κ2) is 8.28. The summed E-state index contributed by atoms with van der Waals surface area (Å²) in [5.41, 5.74) is 2.84. The van der Waals surface area contributed by atoms with Gasteiger partial charge >= 0.3 is 0 Å². The largest absolute Gasteiger partial charge is 0.310 e. The minimum absolute atomic E-state index is 0.483. The highest BCUT2D eigenvalue weighted by atomic mass is 15.1. The molecule has 1 rings (SSSR count). The predicted molar refractivity (Wildman–Crippen MR) is 80.0 cm³/mol. The molecule has 0 spiro atoms. The van der Waals surface area contributed by atoms with Crippen molar-refractivity contribution in [3.63, 3.8) is 0 Å². The summed E-state index contributed by atoms with van der Waals surface area (Å²) >= 11 is 0. The monoisotopic (exact) mass is 248 g/mol. The van der Waals surface area contributed by atoms with E-state index in [4.69, 9.17) is 0 Å². The van der Waals surface area contributed by atoms with Gasteiger partial charge in [0.1, 0.15) is 0 Å². The van der Waals surface area contributed by atoms with Gasteiger partial charge in [0.15, 0.2) is 0 Å². The van der Waals surface area contributed by atoms with Gasteiger partial charge < -0.3 is 10.2 Å². The molecule has 18 heavy (non-hydrogen) atoms. The molecular weight excluding hydrogens is 220 g/mol. The van der Waals surface area contributed by atoms with Gasteiger partial charge in [-0.3, -0.25) is 0 Å². The summed E-state index contributed by atoms with van der Waals surface area (Å²) in [6, 6.07) is 9.20. The Morgan fingerprint density at radius 3 is 2.33 bits per heavy atom. The molecule has 1 N–H and O–H groups in total. The highest BCUT2D eigenvalue weighted by Crippen LogP contribution is 2.20. The number of aryl methyl sites for hydroxylation is 1. The van der Waals surface area contributed by atoms with E-state index in [0.717, 1.165) is 19.6 Å². The normalized spacial score (nSPS) is 12.9. The molecule has 1 aromatic carbocycles. The second-order valence-corrected chi connectivity index (χ2v) is 4.78. The number of benzene rings is 1. The maximum absolute atomic E-state index is 3.62. The molecule has 0 fully saturated rings. The van der Waals surface area contributed by atoms with Crippen LogP contribution in [0.1, 0.15) is 44.4 Å². The van der Waals surface area contributed by atoms with Crippen molar-refractivity contribution in [2.24, 2.45) is 0 Å². The standard InChI is InChI=1S/C16H28N2/c1-5-17-16(12-13-18(6-2)7-3)15-11-9-8-10-14(15)4/h8-11,16-17H,5-7,12-13H2,1-4H3. The van der Waals surface area contributed by atoms with Crippen molar-refractivity contribution >= 4 is 0 Å². The van der Waals surface area contributed by atoms with E-state index in [9.17, 15) is 0 Å². The summed E-state index contributed by atoms with van der Waals surface area (Å²) in [4.78, 5) is 2.49. The molecule has 0 radical (unpaired) electrons. The molecule has 102 valence electrons. The number of nitrogens with zero attached hydrogens (tertiary/aromatic N) is 1. The highest BCUT2D eigenvalue weighted by Gasteiger charge is 2.13. The SMILES string of the molecule is CCNC(CCN(CC)CC)c1ccccc1C. The van der Waals surface area contributed by atoms with Gasteiger partial charge in [-0.05, 0) is 50.7 Å². The third kappa shape index (κ3) is 4.43. The van der Waals surface area contributed by atoms with Gasteiger partial charge in [0, 0.05) is 6.04 Å². The van der Waals surface area contributed by atoms with E-state index in [0.29, 0.717) is 6.04 Å². The Morgan fingerprint density at radius 1 is 1.11 bits per heavy atom. The number of nitrogens with one attached hydrogen (secondary N) is 1. The van der Waals surface area contributed by atoms with Gasteiger partial charge in [-0.25, -0.2) is 0 Å². The van der Waals surface area contributed by atoms with E-state index in [-0.39, 0.29) is 0 Å². The molecule has 0 aliphatic carbocycles. The van der Waals surface area contributed by atoms with Crippen molar-refractivity contribution in [2.45, 2.75) is 40.2 Å². The van der Waals surface area contributed by atoms with Gasteiger partial charge in [0.25, 0.3) is 0 Å². The minimum atomic E-state index is 0.483. The zero-order valence-corrected chi connectivity index (χ0v) is 12.4. The molecule has 0 aliphatic rings. The fourth-order valence-electron chi connectivity index (χ4n) is 2.44. The van der Waals surface area contributed by atoms with Gasteiger partial charge in [-0.1, -0.05) is 45.0 Å². The van der Waals surface area contributed by atoms with Crippen LogP contribution >= 0.6 is 0 Å². The van der Waals surface area contributed by atoms with Crippen molar-refractivity contribution in [2.75, 3.05) is 26.2 Å². The molecule has 0 heterocycles. The lowest BCUT2D eigenvalue weighted by molar-refractivity contribution is 0.282. The van der Waals surface area contributed by atoms with E-state index < -0.39 is 0 Å². The third-order valence-corrected chi connectivity index (χ3v) is 3.64. The van der Waals surface area contributed by atoms with Crippen LogP contribution in [0.5, 0.6) is 0 Å². The first kappa shape index (κ1) is 15.2. The smallest absolute Gasteiger partial charge is 0.0334 e. The van der Waals surface area contributed by atoms with E-state index in [1.807, 2.05) is 0 Å². The zero-order chi connectivity index (χ0) is 13.4. The van der Waals surface area contributed by atoms with Crippen LogP contribution in [0.25, 0.3) is 0 Å². The lowest BCUT2D eigenvalue weighted by Gasteiger charge is -2.24. The van der Waals surface area contributed by atoms with Gasteiger partial charge in [0.2, 0.25) is 0 Å². The Kier molecular flexibility index (Phi) is 6.99. The van der Waals surface area contributed by atoms with Crippen LogP contribution in [-0.2, 0) is 0 Å². The van der Waals surface area contributed by atoms with Crippen molar-refractivity contribution in [1.82, 2.24) is 10.2 Å². The molecule has 2 nitrogen and oxygen atoms in total. The first-order valence-corrected chi connectivity index (χ1v) is 7.24. The lowest BCUT2D eigenvalue weighted by Crippen LogP contribution is -2.29. The maximum atomic E-state index is 3.62. The van der Waals surface area contributed by atoms with Gasteiger partial charge in [-0.15, -0.1) is 0 Å². The first-order valence-electron chi connectivity index (χ1n) is 7.24. The Labute approximate surface area is 112 Å².